The SMILES string of the molecule is CSc1cccc(-n2c(C)nc3cc(N)ccc32)c1. The summed E-state index contributed by atoms with van der Waals surface area (Å²) in [7, 11) is 0. The molecule has 0 aliphatic heterocycles. The maximum atomic E-state index is 5.81. The number of anilines is 1. The van der Waals surface area contributed by atoms with E-state index in [-0.39, 0.29) is 0 Å². The van der Waals surface area contributed by atoms with Crippen molar-refractivity contribution in [3.63, 3.8) is 0 Å². The Labute approximate surface area is 116 Å². The Bertz CT molecular complexity index is 746. The van der Waals surface area contributed by atoms with Gasteiger partial charge in [-0.2, -0.15) is 0 Å². The van der Waals surface area contributed by atoms with Gasteiger partial charge in [0.15, 0.2) is 0 Å². The van der Waals surface area contributed by atoms with Gasteiger partial charge in [-0.15, -0.1) is 11.8 Å². The number of nitrogens with two attached hydrogens (primary N) is 1. The summed E-state index contributed by atoms with van der Waals surface area (Å²) in [4.78, 5) is 5.83. The van der Waals surface area contributed by atoms with Crippen LogP contribution in [0.3, 0.4) is 0 Å². The van der Waals surface area contributed by atoms with Crippen LogP contribution in [-0.2, 0) is 0 Å². The van der Waals surface area contributed by atoms with Crippen molar-refractivity contribution in [3.8, 4) is 5.69 Å². The molecule has 19 heavy (non-hydrogen) atoms. The van der Waals surface area contributed by atoms with E-state index in [1.807, 2.05) is 25.1 Å². The molecule has 0 amide bonds. The molecule has 0 aliphatic carbocycles. The van der Waals surface area contributed by atoms with Gasteiger partial charge in [0, 0.05) is 16.3 Å². The molecule has 3 aromatic rings. The monoisotopic (exact) mass is 269 g/mol. The van der Waals surface area contributed by atoms with Gasteiger partial charge in [0.1, 0.15) is 5.82 Å². The average Bonchev–Trinajstić information content (AvgIpc) is 2.73. The highest BCUT2D eigenvalue weighted by Crippen LogP contribution is 2.25. The van der Waals surface area contributed by atoms with Crippen molar-refractivity contribution >= 4 is 28.5 Å². The fourth-order valence-electron chi connectivity index (χ4n) is 2.29. The molecule has 3 nitrogen and oxygen atoms in total. The first-order valence-electron chi connectivity index (χ1n) is 6.08. The first-order chi connectivity index (χ1) is 9.19. The molecule has 4 heteroatoms. The third-order valence-corrected chi connectivity index (χ3v) is 3.88. The maximum absolute atomic E-state index is 5.81. The van der Waals surface area contributed by atoms with Crippen LogP contribution < -0.4 is 5.73 Å². The summed E-state index contributed by atoms with van der Waals surface area (Å²) in [6, 6.07) is 14.3. The Kier molecular flexibility index (Phi) is 2.95. The number of hydrogen-bond acceptors (Lipinski definition) is 3. The molecule has 3 rings (SSSR count). The lowest BCUT2D eigenvalue weighted by atomic mass is 10.2. The Balaban J connectivity index is 2.26. The molecule has 2 N–H and O–H groups in total. The quantitative estimate of drug-likeness (QED) is 0.570. The van der Waals surface area contributed by atoms with E-state index in [0.29, 0.717) is 0 Å². The number of nitrogens with zero attached hydrogens (tertiary/aromatic N) is 2. The molecule has 0 saturated heterocycles. The number of rotatable bonds is 2. The van der Waals surface area contributed by atoms with E-state index < -0.39 is 0 Å². The number of fused-ring (bicyclic) bond motifs is 1. The highest BCUT2D eigenvalue weighted by Gasteiger charge is 2.09. The van der Waals surface area contributed by atoms with Crippen LogP contribution in [0, 0.1) is 6.92 Å². The smallest absolute Gasteiger partial charge is 0.111 e. The summed E-state index contributed by atoms with van der Waals surface area (Å²) < 4.78 is 2.16. The van der Waals surface area contributed by atoms with Crippen LogP contribution in [-0.4, -0.2) is 15.8 Å². The van der Waals surface area contributed by atoms with Crippen molar-refractivity contribution in [1.82, 2.24) is 9.55 Å². The van der Waals surface area contributed by atoms with Crippen molar-refractivity contribution < 1.29 is 0 Å². The summed E-state index contributed by atoms with van der Waals surface area (Å²) in [6.45, 7) is 2.02. The molecule has 2 aromatic carbocycles. The zero-order valence-electron chi connectivity index (χ0n) is 10.9. The number of benzene rings is 2. The minimum absolute atomic E-state index is 0.745. The summed E-state index contributed by atoms with van der Waals surface area (Å²) in [5, 5.41) is 0. The molecule has 0 radical (unpaired) electrons. The number of hydrogen-bond donors (Lipinski definition) is 1. The molecule has 0 unspecified atom stereocenters. The Morgan fingerprint density at radius 1 is 1.16 bits per heavy atom. The molecule has 0 saturated carbocycles. The molecule has 0 aliphatic rings. The molecular weight excluding hydrogens is 254 g/mol. The minimum Gasteiger partial charge on any atom is -0.399 e. The van der Waals surface area contributed by atoms with E-state index in [4.69, 9.17) is 5.73 Å². The Morgan fingerprint density at radius 2 is 2.00 bits per heavy atom. The minimum atomic E-state index is 0.745. The largest absolute Gasteiger partial charge is 0.399 e. The van der Waals surface area contributed by atoms with Gasteiger partial charge in [-0.25, -0.2) is 4.98 Å². The van der Waals surface area contributed by atoms with Gasteiger partial charge >= 0.3 is 0 Å². The summed E-state index contributed by atoms with van der Waals surface area (Å²) in [5.74, 6) is 0.971. The third-order valence-electron chi connectivity index (χ3n) is 3.16. The van der Waals surface area contributed by atoms with E-state index in [1.54, 1.807) is 11.8 Å². The van der Waals surface area contributed by atoms with Crippen LogP contribution in [0.4, 0.5) is 5.69 Å². The van der Waals surface area contributed by atoms with E-state index >= 15 is 0 Å². The number of aryl methyl sites for hydroxylation is 1. The number of nitrogen functional groups attached to an aromatic ring is 1. The highest BCUT2D eigenvalue weighted by molar-refractivity contribution is 7.98. The van der Waals surface area contributed by atoms with Crippen LogP contribution in [0.2, 0.25) is 0 Å². The van der Waals surface area contributed by atoms with Crippen molar-refractivity contribution in [1.29, 1.82) is 0 Å². The highest BCUT2D eigenvalue weighted by atomic mass is 32.2. The standard InChI is InChI=1S/C15H15N3S/c1-10-17-14-8-11(16)6-7-15(14)18(10)12-4-3-5-13(9-12)19-2/h3-9H,16H2,1-2H3. The molecule has 1 heterocycles. The summed E-state index contributed by atoms with van der Waals surface area (Å²) >= 11 is 1.74. The molecule has 1 aromatic heterocycles. The zero-order chi connectivity index (χ0) is 13.4. The van der Waals surface area contributed by atoms with Crippen LogP contribution in [0.25, 0.3) is 16.7 Å². The van der Waals surface area contributed by atoms with Crippen molar-refractivity contribution in [2.45, 2.75) is 11.8 Å². The van der Waals surface area contributed by atoms with Crippen molar-refractivity contribution in [2.24, 2.45) is 0 Å². The van der Waals surface area contributed by atoms with Crippen molar-refractivity contribution in [3.05, 3.63) is 48.3 Å². The van der Waals surface area contributed by atoms with Gasteiger partial charge in [-0.3, -0.25) is 4.57 Å². The van der Waals surface area contributed by atoms with E-state index in [9.17, 15) is 0 Å². The van der Waals surface area contributed by atoms with Gasteiger partial charge in [-0.05, 0) is 49.6 Å². The Hall–Kier alpha value is -1.94. The number of aromatic nitrogens is 2. The van der Waals surface area contributed by atoms with Gasteiger partial charge < -0.3 is 5.73 Å². The maximum Gasteiger partial charge on any atom is 0.111 e. The van der Waals surface area contributed by atoms with E-state index in [0.717, 1.165) is 28.2 Å². The second-order valence-corrected chi connectivity index (χ2v) is 5.32. The second-order valence-electron chi connectivity index (χ2n) is 4.44. The first kappa shape index (κ1) is 12.1. The molecule has 0 bridgehead atoms. The van der Waals surface area contributed by atoms with Gasteiger partial charge in [0.05, 0.1) is 11.0 Å². The lowest BCUT2D eigenvalue weighted by molar-refractivity contribution is 0.996. The van der Waals surface area contributed by atoms with Crippen LogP contribution >= 0.6 is 11.8 Å². The summed E-state index contributed by atoms with van der Waals surface area (Å²) in [6.07, 6.45) is 2.08. The molecule has 0 atom stereocenters. The normalized spacial score (nSPS) is 11.1. The first-order valence-corrected chi connectivity index (χ1v) is 7.30. The fourth-order valence-corrected chi connectivity index (χ4v) is 2.75. The predicted molar refractivity (Wildman–Crippen MR) is 82.0 cm³/mol. The third kappa shape index (κ3) is 2.08. The lowest BCUT2D eigenvalue weighted by Crippen LogP contribution is -1.96. The molecular formula is C15H15N3S. The van der Waals surface area contributed by atoms with Gasteiger partial charge in [0.25, 0.3) is 0 Å². The van der Waals surface area contributed by atoms with Crippen LogP contribution in [0.5, 0.6) is 0 Å². The average molecular weight is 269 g/mol. The topological polar surface area (TPSA) is 43.8 Å². The Morgan fingerprint density at radius 3 is 2.79 bits per heavy atom. The van der Waals surface area contributed by atoms with Crippen molar-refractivity contribution in [2.75, 3.05) is 12.0 Å². The molecule has 0 fully saturated rings. The zero-order valence-corrected chi connectivity index (χ0v) is 11.7. The summed E-state index contributed by atoms with van der Waals surface area (Å²) in [5.41, 5.74) is 9.72. The molecule has 0 spiro atoms. The van der Waals surface area contributed by atoms with E-state index in [2.05, 4.69) is 40.1 Å². The second kappa shape index (κ2) is 4.63. The number of imidazole rings is 1. The van der Waals surface area contributed by atoms with Crippen LogP contribution in [0.1, 0.15) is 5.82 Å². The van der Waals surface area contributed by atoms with Gasteiger partial charge in [0.2, 0.25) is 0 Å². The number of thioether (sulfide) groups is 1. The van der Waals surface area contributed by atoms with Gasteiger partial charge in [-0.1, -0.05) is 6.07 Å². The lowest BCUT2D eigenvalue weighted by Gasteiger charge is -2.08. The predicted octanol–water partition coefficient (Wildman–Crippen LogP) is 3.64. The fraction of sp³-hybridized carbons (Fsp3) is 0.133. The van der Waals surface area contributed by atoms with E-state index in [1.165, 1.54) is 4.90 Å². The molecule has 96 valence electrons. The van der Waals surface area contributed by atoms with Crippen LogP contribution in [0.15, 0.2) is 47.4 Å².